The number of hydrogen-bond donors (Lipinski definition) is 0. The Balaban J connectivity index is 0.000000461. The van der Waals surface area contributed by atoms with E-state index in [1.165, 1.54) is 0 Å². The maximum absolute atomic E-state index is 12.8. The van der Waals surface area contributed by atoms with E-state index in [9.17, 15) is 4.39 Å². The maximum Gasteiger partial charge on any atom is 0.103 e. The smallest absolute Gasteiger partial charge is 0.103 e. The average Bonchev–Trinajstić information content (AvgIpc) is 2.39. The Hall–Kier alpha value is -0.0700. The van der Waals surface area contributed by atoms with Gasteiger partial charge < -0.3 is 0 Å². The van der Waals surface area contributed by atoms with E-state index >= 15 is 0 Å². The molecule has 0 spiro atoms. The summed E-state index contributed by atoms with van der Waals surface area (Å²) < 4.78 is 12.8. The normalized spacial score (nSPS) is 30.0. The second kappa shape index (κ2) is 5.56. The lowest BCUT2D eigenvalue weighted by molar-refractivity contribution is 0.215. The molecule has 0 N–H and O–H groups in total. The third-order valence-corrected chi connectivity index (χ3v) is 2.34. The van der Waals surface area contributed by atoms with Crippen LogP contribution in [0.3, 0.4) is 0 Å². The summed E-state index contributed by atoms with van der Waals surface area (Å²) >= 11 is 0. The average molecular weight is 160 g/mol. The lowest BCUT2D eigenvalue weighted by Crippen LogP contribution is -2.14. The highest BCUT2D eigenvalue weighted by Gasteiger charge is 2.28. The summed E-state index contributed by atoms with van der Waals surface area (Å²) in [6.45, 7) is 8.23. The summed E-state index contributed by atoms with van der Waals surface area (Å²) in [5.74, 6) is 0.910. The summed E-state index contributed by atoms with van der Waals surface area (Å²) in [7, 11) is 0. The summed E-state index contributed by atoms with van der Waals surface area (Å²) in [6.07, 6.45) is 2.52. The van der Waals surface area contributed by atoms with E-state index in [1.54, 1.807) is 0 Å². The van der Waals surface area contributed by atoms with Crippen molar-refractivity contribution < 1.29 is 4.39 Å². The fraction of sp³-hybridized carbons (Fsp3) is 1.00. The van der Waals surface area contributed by atoms with Gasteiger partial charge in [-0.2, -0.15) is 0 Å². The number of rotatable bonds is 1. The van der Waals surface area contributed by atoms with Gasteiger partial charge in [0, 0.05) is 0 Å². The number of halogens is 1. The van der Waals surface area contributed by atoms with Crippen molar-refractivity contribution >= 4 is 0 Å². The van der Waals surface area contributed by atoms with Gasteiger partial charge in [0.1, 0.15) is 6.17 Å². The summed E-state index contributed by atoms with van der Waals surface area (Å²) in [5.41, 5.74) is 0. The molecule has 1 saturated carbocycles. The van der Waals surface area contributed by atoms with Gasteiger partial charge in [-0.3, -0.25) is 0 Å². The second-order valence-corrected chi connectivity index (χ2v) is 3.35. The maximum atomic E-state index is 12.8. The first-order valence-electron chi connectivity index (χ1n) is 4.86. The largest absolute Gasteiger partial charge is 0.247 e. The third kappa shape index (κ3) is 3.22. The van der Waals surface area contributed by atoms with Crippen molar-refractivity contribution in [1.82, 2.24) is 0 Å². The van der Waals surface area contributed by atoms with Crippen LogP contribution in [0.2, 0.25) is 0 Å². The molecule has 0 aromatic heterocycles. The molecule has 0 heterocycles. The Morgan fingerprint density at radius 2 is 1.73 bits per heavy atom. The van der Waals surface area contributed by atoms with E-state index in [4.69, 9.17) is 0 Å². The number of alkyl halides is 1. The van der Waals surface area contributed by atoms with E-state index in [-0.39, 0.29) is 0 Å². The fourth-order valence-corrected chi connectivity index (χ4v) is 1.69. The molecule has 0 nitrogen and oxygen atoms in total. The molecule has 0 aliphatic heterocycles. The minimum absolute atomic E-state index is 0.366. The minimum atomic E-state index is -0.495. The van der Waals surface area contributed by atoms with Gasteiger partial charge in [0.05, 0.1) is 0 Å². The third-order valence-electron chi connectivity index (χ3n) is 2.34. The molecule has 1 aliphatic rings. The molecule has 0 saturated heterocycles. The highest BCUT2D eigenvalue weighted by Crippen LogP contribution is 2.33. The van der Waals surface area contributed by atoms with E-state index < -0.39 is 6.17 Å². The predicted octanol–water partition coefficient (Wildman–Crippen LogP) is 3.81. The molecule has 0 amide bonds. The van der Waals surface area contributed by atoms with Gasteiger partial charge in [0.2, 0.25) is 0 Å². The Labute approximate surface area is 70.2 Å². The van der Waals surface area contributed by atoms with E-state index in [0.717, 1.165) is 19.3 Å². The zero-order chi connectivity index (χ0) is 8.85. The van der Waals surface area contributed by atoms with Gasteiger partial charge in [-0.25, -0.2) is 4.39 Å². The molecular formula is C10H21F. The van der Waals surface area contributed by atoms with E-state index in [0.29, 0.717) is 11.8 Å². The number of hydrogen-bond acceptors (Lipinski definition) is 0. The van der Waals surface area contributed by atoms with Crippen LogP contribution in [0.25, 0.3) is 0 Å². The molecule has 11 heavy (non-hydrogen) atoms. The molecule has 1 fully saturated rings. The zero-order valence-electron chi connectivity index (χ0n) is 8.23. The first-order valence-corrected chi connectivity index (χ1v) is 4.86. The van der Waals surface area contributed by atoms with Crippen molar-refractivity contribution in [3.8, 4) is 0 Å². The first-order chi connectivity index (χ1) is 5.22. The SMILES string of the molecule is CC.CC(C)C1CCCC1F. The molecule has 2 atom stereocenters. The summed E-state index contributed by atoms with van der Waals surface area (Å²) in [5, 5.41) is 0. The monoisotopic (exact) mass is 160 g/mol. The Morgan fingerprint density at radius 1 is 1.18 bits per heavy atom. The fourth-order valence-electron chi connectivity index (χ4n) is 1.69. The first kappa shape index (κ1) is 10.9. The molecule has 1 aliphatic carbocycles. The lowest BCUT2D eigenvalue weighted by Gasteiger charge is -2.15. The Bertz CT molecular complexity index is 88.9. The van der Waals surface area contributed by atoms with Crippen molar-refractivity contribution in [1.29, 1.82) is 0 Å². The van der Waals surface area contributed by atoms with Gasteiger partial charge in [0.25, 0.3) is 0 Å². The molecule has 0 aromatic rings. The molecule has 2 unspecified atom stereocenters. The summed E-state index contributed by atoms with van der Waals surface area (Å²) in [6, 6.07) is 0. The van der Waals surface area contributed by atoms with Gasteiger partial charge in [-0.1, -0.05) is 34.1 Å². The topological polar surface area (TPSA) is 0 Å². The van der Waals surface area contributed by atoms with Crippen LogP contribution in [0.5, 0.6) is 0 Å². The molecule has 0 radical (unpaired) electrons. The molecule has 1 rings (SSSR count). The van der Waals surface area contributed by atoms with Crippen molar-refractivity contribution in [3.63, 3.8) is 0 Å². The van der Waals surface area contributed by atoms with Crippen LogP contribution in [-0.4, -0.2) is 6.17 Å². The van der Waals surface area contributed by atoms with E-state index in [2.05, 4.69) is 13.8 Å². The predicted molar refractivity (Wildman–Crippen MR) is 48.4 cm³/mol. The molecular weight excluding hydrogens is 139 g/mol. The molecule has 0 aromatic carbocycles. The molecule has 0 bridgehead atoms. The van der Waals surface area contributed by atoms with Crippen LogP contribution in [0.15, 0.2) is 0 Å². The Morgan fingerprint density at radius 3 is 1.91 bits per heavy atom. The molecule has 1 heteroatoms. The van der Waals surface area contributed by atoms with Gasteiger partial charge in [-0.15, -0.1) is 0 Å². The van der Waals surface area contributed by atoms with Gasteiger partial charge in [0.15, 0.2) is 0 Å². The second-order valence-electron chi connectivity index (χ2n) is 3.35. The van der Waals surface area contributed by atoms with Crippen LogP contribution in [0.1, 0.15) is 47.0 Å². The Kier molecular flexibility index (Phi) is 5.53. The van der Waals surface area contributed by atoms with Crippen LogP contribution in [-0.2, 0) is 0 Å². The van der Waals surface area contributed by atoms with Crippen molar-refractivity contribution in [3.05, 3.63) is 0 Å². The lowest BCUT2D eigenvalue weighted by atomic mass is 9.93. The quantitative estimate of drug-likeness (QED) is 0.547. The summed E-state index contributed by atoms with van der Waals surface area (Å²) in [4.78, 5) is 0. The van der Waals surface area contributed by atoms with Gasteiger partial charge in [-0.05, 0) is 24.7 Å². The van der Waals surface area contributed by atoms with Gasteiger partial charge >= 0.3 is 0 Å². The van der Waals surface area contributed by atoms with Crippen molar-refractivity contribution in [2.24, 2.45) is 11.8 Å². The van der Waals surface area contributed by atoms with Crippen molar-refractivity contribution in [2.45, 2.75) is 53.1 Å². The van der Waals surface area contributed by atoms with E-state index in [1.807, 2.05) is 13.8 Å². The minimum Gasteiger partial charge on any atom is -0.247 e. The van der Waals surface area contributed by atoms with Crippen molar-refractivity contribution in [2.75, 3.05) is 0 Å². The van der Waals surface area contributed by atoms with Crippen LogP contribution >= 0.6 is 0 Å². The highest BCUT2D eigenvalue weighted by atomic mass is 19.1. The highest BCUT2D eigenvalue weighted by molar-refractivity contribution is 4.78. The standard InChI is InChI=1S/C8H15F.C2H6/c1-6(2)7-4-3-5-8(7)9;1-2/h6-8H,3-5H2,1-2H3;1-2H3. The van der Waals surface area contributed by atoms with Crippen LogP contribution < -0.4 is 0 Å². The zero-order valence-corrected chi connectivity index (χ0v) is 8.23. The van der Waals surface area contributed by atoms with Crippen LogP contribution in [0.4, 0.5) is 4.39 Å². The molecule has 68 valence electrons. The van der Waals surface area contributed by atoms with Crippen LogP contribution in [0, 0.1) is 11.8 Å².